The number of rotatable bonds is 4. The Balaban J connectivity index is 2.13. The summed E-state index contributed by atoms with van der Waals surface area (Å²) in [6, 6.07) is 4.42. The second kappa shape index (κ2) is 5.89. The zero-order valence-corrected chi connectivity index (χ0v) is 12.8. The van der Waals surface area contributed by atoms with Crippen LogP contribution in [-0.4, -0.2) is 31.6 Å². The molecule has 1 aromatic carbocycles. The van der Waals surface area contributed by atoms with Crippen LogP contribution in [0.4, 0.5) is 4.39 Å². The Kier molecular flexibility index (Phi) is 4.63. The lowest BCUT2D eigenvalue weighted by Crippen LogP contribution is -2.22. The molecule has 3 nitrogen and oxygen atoms in total. The molecule has 0 amide bonds. The van der Waals surface area contributed by atoms with Gasteiger partial charge in [-0.15, -0.1) is 0 Å². The smallest absolute Gasteiger partial charge is 0.150 e. The highest BCUT2D eigenvalue weighted by Gasteiger charge is 2.33. The van der Waals surface area contributed by atoms with Crippen LogP contribution in [0.15, 0.2) is 22.7 Å². The third-order valence-corrected chi connectivity index (χ3v) is 6.23. The molecule has 19 heavy (non-hydrogen) atoms. The van der Waals surface area contributed by atoms with E-state index in [1.54, 1.807) is 6.07 Å². The van der Waals surface area contributed by atoms with Gasteiger partial charge in [-0.2, -0.15) is 0 Å². The van der Waals surface area contributed by atoms with Crippen molar-refractivity contribution in [3.8, 4) is 0 Å². The molecule has 1 saturated heterocycles. The zero-order chi connectivity index (χ0) is 14.0. The SMILES string of the molecule is O=S1(=O)CCC(C(CO)Cc2cc(F)ccc2Br)C1. The average molecular weight is 351 g/mol. The standard InChI is InChI=1S/C13H16BrFO3S/c14-13-2-1-12(15)6-10(13)5-11(7-16)9-3-4-19(17,18)8-9/h1-2,6,9,11,16H,3-5,7-8H2. The van der Waals surface area contributed by atoms with Gasteiger partial charge < -0.3 is 5.11 Å². The Morgan fingerprint density at radius 3 is 2.79 bits per heavy atom. The van der Waals surface area contributed by atoms with Crippen LogP contribution in [0.25, 0.3) is 0 Å². The van der Waals surface area contributed by atoms with Crippen LogP contribution in [0.5, 0.6) is 0 Å². The molecule has 0 spiro atoms. The highest BCUT2D eigenvalue weighted by atomic mass is 79.9. The lowest BCUT2D eigenvalue weighted by Gasteiger charge is -2.20. The summed E-state index contributed by atoms with van der Waals surface area (Å²) >= 11 is 3.35. The maximum atomic E-state index is 13.2. The fourth-order valence-corrected chi connectivity index (χ4v) is 4.89. The van der Waals surface area contributed by atoms with E-state index < -0.39 is 9.84 Å². The summed E-state index contributed by atoms with van der Waals surface area (Å²) in [5.41, 5.74) is 0.767. The first-order valence-electron chi connectivity index (χ1n) is 6.16. The minimum absolute atomic E-state index is 0.0369. The van der Waals surface area contributed by atoms with Crippen molar-refractivity contribution in [2.75, 3.05) is 18.1 Å². The molecular weight excluding hydrogens is 335 g/mol. The van der Waals surface area contributed by atoms with Crippen LogP contribution < -0.4 is 0 Å². The third-order valence-electron chi connectivity index (χ3n) is 3.66. The summed E-state index contributed by atoms with van der Waals surface area (Å²) in [5.74, 6) is -0.182. The first kappa shape index (κ1) is 14.9. The molecule has 2 unspecified atom stereocenters. The molecule has 106 valence electrons. The van der Waals surface area contributed by atoms with E-state index >= 15 is 0 Å². The normalized spacial score (nSPS) is 23.4. The topological polar surface area (TPSA) is 54.4 Å². The van der Waals surface area contributed by atoms with Gasteiger partial charge in [0.15, 0.2) is 9.84 Å². The van der Waals surface area contributed by atoms with Crippen molar-refractivity contribution in [1.82, 2.24) is 0 Å². The van der Waals surface area contributed by atoms with Crippen molar-refractivity contribution in [3.63, 3.8) is 0 Å². The molecule has 2 rings (SSSR count). The fourth-order valence-electron chi connectivity index (χ4n) is 2.56. The number of sulfone groups is 1. The van der Waals surface area contributed by atoms with Gasteiger partial charge in [-0.3, -0.25) is 0 Å². The number of benzene rings is 1. The summed E-state index contributed by atoms with van der Waals surface area (Å²) < 4.78 is 37.0. The van der Waals surface area contributed by atoms with E-state index in [4.69, 9.17) is 0 Å². The molecule has 0 saturated carbocycles. The van der Waals surface area contributed by atoms with E-state index in [1.807, 2.05) is 0 Å². The van der Waals surface area contributed by atoms with Crippen molar-refractivity contribution in [1.29, 1.82) is 0 Å². The Bertz CT molecular complexity index is 559. The Hall–Kier alpha value is -0.460. The highest BCUT2D eigenvalue weighted by molar-refractivity contribution is 9.10. The summed E-state index contributed by atoms with van der Waals surface area (Å²) in [6.45, 7) is -0.0802. The van der Waals surface area contributed by atoms with Crippen LogP contribution >= 0.6 is 15.9 Å². The minimum Gasteiger partial charge on any atom is -0.396 e. The molecule has 6 heteroatoms. The van der Waals surface area contributed by atoms with Crippen LogP contribution in [0, 0.1) is 17.7 Å². The molecule has 1 heterocycles. The van der Waals surface area contributed by atoms with Gasteiger partial charge >= 0.3 is 0 Å². The third kappa shape index (κ3) is 3.77. The van der Waals surface area contributed by atoms with Gasteiger partial charge in [-0.25, -0.2) is 12.8 Å². The van der Waals surface area contributed by atoms with Gasteiger partial charge in [0.05, 0.1) is 11.5 Å². The van der Waals surface area contributed by atoms with Crippen molar-refractivity contribution < 1.29 is 17.9 Å². The van der Waals surface area contributed by atoms with Crippen molar-refractivity contribution in [2.24, 2.45) is 11.8 Å². The second-order valence-corrected chi connectivity index (χ2v) is 8.13. The largest absolute Gasteiger partial charge is 0.396 e. The molecular formula is C13H16BrFO3S. The van der Waals surface area contributed by atoms with E-state index in [0.29, 0.717) is 12.8 Å². The predicted molar refractivity (Wildman–Crippen MR) is 75.1 cm³/mol. The molecule has 1 aliphatic rings. The number of halogens is 2. The first-order chi connectivity index (χ1) is 8.91. The van der Waals surface area contributed by atoms with E-state index in [-0.39, 0.29) is 35.8 Å². The summed E-state index contributed by atoms with van der Waals surface area (Å²) in [6.07, 6.45) is 1.07. The van der Waals surface area contributed by atoms with Gasteiger partial charge in [0.25, 0.3) is 0 Å². The Morgan fingerprint density at radius 1 is 1.47 bits per heavy atom. The van der Waals surface area contributed by atoms with Gasteiger partial charge in [0.1, 0.15) is 5.82 Å². The van der Waals surface area contributed by atoms with Gasteiger partial charge in [-0.1, -0.05) is 15.9 Å². The molecule has 0 aliphatic carbocycles. The van der Waals surface area contributed by atoms with Crippen LogP contribution in [0.2, 0.25) is 0 Å². The average Bonchev–Trinajstić information content (AvgIpc) is 2.70. The molecule has 0 radical (unpaired) electrons. The second-order valence-electron chi connectivity index (χ2n) is 5.05. The first-order valence-corrected chi connectivity index (χ1v) is 8.78. The maximum absolute atomic E-state index is 13.2. The van der Waals surface area contributed by atoms with Crippen molar-refractivity contribution >= 4 is 25.8 Å². The quantitative estimate of drug-likeness (QED) is 0.905. The number of hydrogen-bond donors (Lipinski definition) is 1. The monoisotopic (exact) mass is 350 g/mol. The summed E-state index contributed by atoms with van der Waals surface area (Å²) in [5, 5.41) is 9.47. The fraction of sp³-hybridized carbons (Fsp3) is 0.538. The minimum atomic E-state index is -2.96. The van der Waals surface area contributed by atoms with Crippen molar-refractivity contribution in [2.45, 2.75) is 12.8 Å². The molecule has 1 N–H and O–H groups in total. The predicted octanol–water partition coefficient (Wildman–Crippen LogP) is 2.17. The molecule has 1 aromatic rings. The molecule has 2 atom stereocenters. The zero-order valence-electron chi connectivity index (χ0n) is 10.4. The number of aliphatic hydroxyl groups is 1. The highest BCUT2D eigenvalue weighted by Crippen LogP contribution is 2.30. The maximum Gasteiger partial charge on any atom is 0.150 e. The lowest BCUT2D eigenvalue weighted by molar-refractivity contribution is 0.183. The van der Waals surface area contributed by atoms with Gasteiger partial charge in [0, 0.05) is 11.1 Å². The van der Waals surface area contributed by atoms with Crippen LogP contribution in [0.1, 0.15) is 12.0 Å². The lowest BCUT2D eigenvalue weighted by atomic mass is 9.87. The molecule has 0 aromatic heterocycles. The number of aliphatic hydroxyl groups excluding tert-OH is 1. The Morgan fingerprint density at radius 2 is 2.21 bits per heavy atom. The van der Waals surface area contributed by atoms with Crippen LogP contribution in [-0.2, 0) is 16.3 Å². The van der Waals surface area contributed by atoms with E-state index in [1.165, 1.54) is 12.1 Å². The van der Waals surface area contributed by atoms with E-state index in [0.717, 1.165) is 10.0 Å². The molecule has 0 bridgehead atoms. The van der Waals surface area contributed by atoms with E-state index in [9.17, 15) is 17.9 Å². The van der Waals surface area contributed by atoms with E-state index in [2.05, 4.69) is 15.9 Å². The van der Waals surface area contributed by atoms with Crippen LogP contribution in [0.3, 0.4) is 0 Å². The van der Waals surface area contributed by atoms with Crippen molar-refractivity contribution in [3.05, 3.63) is 34.1 Å². The number of hydrogen-bond acceptors (Lipinski definition) is 3. The Labute approximate surface area is 120 Å². The summed E-state index contributed by atoms with van der Waals surface area (Å²) in [4.78, 5) is 0. The molecule has 1 fully saturated rings. The molecule has 1 aliphatic heterocycles. The van der Waals surface area contributed by atoms with Gasteiger partial charge in [-0.05, 0) is 48.4 Å². The summed E-state index contributed by atoms with van der Waals surface area (Å²) in [7, 11) is -2.96. The van der Waals surface area contributed by atoms with Gasteiger partial charge in [0.2, 0.25) is 0 Å².